The number of hydrogen-bond donors (Lipinski definition) is 1. The Morgan fingerprint density at radius 3 is 2.27 bits per heavy atom. The third kappa shape index (κ3) is 3.39. The zero-order valence-corrected chi connectivity index (χ0v) is 16.5. The molecule has 5 nitrogen and oxygen atoms in total. The molecule has 2 amide bonds. The Morgan fingerprint density at radius 1 is 1.08 bits per heavy atom. The number of carbonyl (C=O) groups is 2. The highest BCUT2D eigenvalue weighted by Crippen LogP contribution is 2.60. The number of likely N-dealkylation sites (tertiary alicyclic amines) is 1. The van der Waals surface area contributed by atoms with Crippen LogP contribution in [0.1, 0.15) is 57.8 Å². The van der Waals surface area contributed by atoms with Crippen molar-refractivity contribution in [2.24, 2.45) is 23.2 Å². The lowest BCUT2D eigenvalue weighted by Crippen LogP contribution is -2.57. The predicted octanol–water partition coefficient (Wildman–Crippen LogP) is 2.26. The summed E-state index contributed by atoms with van der Waals surface area (Å²) in [5, 5.41) is 3.08. The first kappa shape index (κ1) is 18.3. The summed E-state index contributed by atoms with van der Waals surface area (Å²) in [6.07, 6.45) is 10.1. The molecular formula is C21H35N3O2. The van der Waals surface area contributed by atoms with E-state index in [-0.39, 0.29) is 17.4 Å². The summed E-state index contributed by atoms with van der Waals surface area (Å²) in [4.78, 5) is 30.4. The number of carbonyl (C=O) groups excluding carboxylic acids is 2. The molecule has 1 heterocycles. The molecule has 146 valence electrons. The molecule has 1 N–H and O–H groups in total. The molecule has 5 fully saturated rings. The first-order valence-corrected chi connectivity index (χ1v) is 10.7. The van der Waals surface area contributed by atoms with E-state index in [1.165, 1.54) is 19.3 Å². The molecule has 1 atom stereocenters. The van der Waals surface area contributed by atoms with Crippen LogP contribution in [0.5, 0.6) is 0 Å². The van der Waals surface area contributed by atoms with Gasteiger partial charge in [-0.3, -0.25) is 9.59 Å². The SMILES string of the molecule is CN(C)CCCNC(=O)C1CCCN1C(=O)C12CC3CC(CC(C3)C1)C2. The van der Waals surface area contributed by atoms with Gasteiger partial charge < -0.3 is 15.1 Å². The van der Waals surface area contributed by atoms with Crippen LogP contribution in [0.4, 0.5) is 0 Å². The van der Waals surface area contributed by atoms with Crippen LogP contribution in [0, 0.1) is 23.2 Å². The molecule has 4 saturated carbocycles. The van der Waals surface area contributed by atoms with E-state index in [0.29, 0.717) is 12.5 Å². The summed E-state index contributed by atoms with van der Waals surface area (Å²) >= 11 is 0. The van der Waals surface area contributed by atoms with Crippen molar-refractivity contribution in [2.75, 3.05) is 33.7 Å². The van der Waals surface area contributed by atoms with E-state index in [1.54, 1.807) is 0 Å². The number of amides is 2. The van der Waals surface area contributed by atoms with Crippen LogP contribution >= 0.6 is 0 Å². The fourth-order valence-corrected chi connectivity index (χ4v) is 6.68. The van der Waals surface area contributed by atoms with Crippen LogP contribution in [-0.4, -0.2) is 61.4 Å². The lowest BCUT2D eigenvalue weighted by atomic mass is 9.49. The molecule has 1 saturated heterocycles. The second-order valence-electron chi connectivity index (χ2n) is 9.80. The van der Waals surface area contributed by atoms with Gasteiger partial charge in [0.15, 0.2) is 0 Å². The molecule has 0 radical (unpaired) electrons. The van der Waals surface area contributed by atoms with Crippen molar-refractivity contribution in [1.29, 1.82) is 0 Å². The average molecular weight is 362 g/mol. The Kier molecular flexibility index (Phi) is 5.02. The van der Waals surface area contributed by atoms with Crippen LogP contribution < -0.4 is 5.32 Å². The van der Waals surface area contributed by atoms with Crippen molar-refractivity contribution < 1.29 is 9.59 Å². The Morgan fingerprint density at radius 2 is 1.69 bits per heavy atom. The lowest BCUT2D eigenvalue weighted by molar-refractivity contribution is -0.160. The lowest BCUT2D eigenvalue weighted by Gasteiger charge is -2.56. The molecular weight excluding hydrogens is 326 g/mol. The second kappa shape index (κ2) is 7.14. The second-order valence-corrected chi connectivity index (χ2v) is 9.80. The summed E-state index contributed by atoms with van der Waals surface area (Å²) in [5.74, 6) is 2.70. The van der Waals surface area contributed by atoms with Crippen molar-refractivity contribution in [3.63, 3.8) is 0 Å². The summed E-state index contributed by atoms with van der Waals surface area (Å²) < 4.78 is 0. The van der Waals surface area contributed by atoms with E-state index in [1.807, 2.05) is 19.0 Å². The zero-order valence-electron chi connectivity index (χ0n) is 16.5. The molecule has 1 aliphatic heterocycles. The van der Waals surface area contributed by atoms with Crippen LogP contribution in [-0.2, 0) is 9.59 Å². The molecule has 26 heavy (non-hydrogen) atoms. The van der Waals surface area contributed by atoms with Crippen LogP contribution in [0.3, 0.4) is 0 Å². The molecule has 1 unspecified atom stereocenters. The quantitative estimate of drug-likeness (QED) is 0.739. The van der Waals surface area contributed by atoms with E-state index in [2.05, 4.69) is 10.2 Å². The number of rotatable bonds is 6. The minimum Gasteiger partial charge on any atom is -0.354 e. The van der Waals surface area contributed by atoms with E-state index in [4.69, 9.17) is 0 Å². The van der Waals surface area contributed by atoms with Crippen LogP contribution in [0.15, 0.2) is 0 Å². The number of nitrogens with zero attached hydrogens (tertiary/aromatic N) is 2. The summed E-state index contributed by atoms with van der Waals surface area (Å²) in [7, 11) is 4.09. The monoisotopic (exact) mass is 361 g/mol. The third-order valence-corrected chi connectivity index (χ3v) is 7.39. The highest BCUT2D eigenvalue weighted by molar-refractivity contribution is 5.91. The maximum atomic E-state index is 13.6. The Bertz CT molecular complexity index is 524. The van der Waals surface area contributed by atoms with Crippen molar-refractivity contribution in [3.8, 4) is 0 Å². The zero-order chi connectivity index (χ0) is 18.3. The highest BCUT2D eigenvalue weighted by Gasteiger charge is 2.56. The molecule has 5 aliphatic rings. The Balaban J connectivity index is 1.38. The normalized spacial score (nSPS) is 38.2. The van der Waals surface area contributed by atoms with Gasteiger partial charge in [-0.25, -0.2) is 0 Å². The van der Waals surface area contributed by atoms with Crippen LogP contribution in [0.25, 0.3) is 0 Å². The first-order valence-electron chi connectivity index (χ1n) is 10.7. The van der Waals surface area contributed by atoms with Gasteiger partial charge in [0.1, 0.15) is 6.04 Å². The largest absolute Gasteiger partial charge is 0.354 e. The Labute approximate surface area is 157 Å². The fourth-order valence-electron chi connectivity index (χ4n) is 6.68. The van der Waals surface area contributed by atoms with Crippen molar-refractivity contribution in [3.05, 3.63) is 0 Å². The van der Waals surface area contributed by atoms with Gasteiger partial charge in [-0.2, -0.15) is 0 Å². The van der Waals surface area contributed by atoms with E-state index in [0.717, 1.165) is 69.4 Å². The van der Waals surface area contributed by atoms with Crippen LogP contribution in [0.2, 0.25) is 0 Å². The summed E-state index contributed by atoms with van der Waals surface area (Å²) in [6.45, 7) is 2.45. The van der Waals surface area contributed by atoms with Gasteiger partial charge in [0, 0.05) is 13.1 Å². The van der Waals surface area contributed by atoms with Gasteiger partial charge in [0.2, 0.25) is 11.8 Å². The van der Waals surface area contributed by atoms with Crippen molar-refractivity contribution in [1.82, 2.24) is 15.1 Å². The van der Waals surface area contributed by atoms with Gasteiger partial charge in [0.05, 0.1) is 5.41 Å². The first-order chi connectivity index (χ1) is 12.5. The molecule has 4 bridgehead atoms. The third-order valence-electron chi connectivity index (χ3n) is 7.39. The standard InChI is InChI=1S/C21H35N3O2/c1-23(2)7-4-6-22-19(25)18-5-3-8-24(18)20(26)21-12-15-9-16(13-21)11-17(10-15)14-21/h15-18H,3-14H2,1-2H3,(H,22,25). The predicted molar refractivity (Wildman–Crippen MR) is 102 cm³/mol. The van der Waals surface area contributed by atoms with Crippen molar-refractivity contribution >= 4 is 11.8 Å². The molecule has 0 spiro atoms. The highest BCUT2D eigenvalue weighted by atomic mass is 16.2. The summed E-state index contributed by atoms with van der Waals surface area (Å²) in [6, 6.07) is -0.227. The number of nitrogens with one attached hydrogen (secondary N) is 1. The van der Waals surface area contributed by atoms with Gasteiger partial charge in [-0.1, -0.05) is 0 Å². The summed E-state index contributed by atoms with van der Waals surface area (Å²) in [5.41, 5.74) is -0.122. The molecule has 0 aromatic carbocycles. The smallest absolute Gasteiger partial charge is 0.242 e. The maximum Gasteiger partial charge on any atom is 0.242 e. The van der Waals surface area contributed by atoms with Crippen molar-refractivity contribution in [2.45, 2.75) is 63.8 Å². The maximum absolute atomic E-state index is 13.6. The van der Waals surface area contributed by atoms with E-state index >= 15 is 0 Å². The van der Waals surface area contributed by atoms with E-state index in [9.17, 15) is 9.59 Å². The number of hydrogen-bond acceptors (Lipinski definition) is 3. The molecule has 4 aliphatic carbocycles. The molecule has 0 aromatic heterocycles. The topological polar surface area (TPSA) is 52.7 Å². The van der Waals surface area contributed by atoms with Gasteiger partial charge >= 0.3 is 0 Å². The van der Waals surface area contributed by atoms with Gasteiger partial charge in [-0.05, 0) is 96.2 Å². The van der Waals surface area contributed by atoms with Gasteiger partial charge in [-0.15, -0.1) is 0 Å². The minimum absolute atomic E-state index is 0.0688. The Hall–Kier alpha value is -1.10. The van der Waals surface area contributed by atoms with Gasteiger partial charge in [0.25, 0.3) is 0 Å². The molecule has 5 rings (SSSR count). The fraction of sp³-hybridized carbons (Fsp3) is 0.905. The van der Waals surface area contributed by atoms with E-state index < -0.39 is 0 Å². The average Bonchev–Trinajstić information content (AvgIpc) is 3.06. The molecule has 5 heteroatoms. The minimum atomic E-state index is -0.227. The molecule has 0 aromatic rings.